The van der Waals surface area contributed by atoms with Crippen molar-refractivity contribution in [3.8, 4) is 0 Å². The summed E-state index contributed by atoms with van der Waals surface area (Å²) >= 11 is 1.72. The highest BCUT2D eigenvalue weighted by Crippen LogP contribution is 2.36. The van der Waals surface area contributed by atoms with Crippen molar-refractivity contribution in [3.05, 3.63) is 47.5 Å². The number of aromatic nitrogens is 5. The summed E-state index contributed by atoms with van der Waals surface area (Å²) in [5, 5.41) is 5.82. The van der Waals surface area contributed by atoms with Gasteiger partial charge in [0.2, 0.25) is 5.16 Å². The fourth-order valence-electron chi connectivity index (χ4n) is 3.02. The molecule has 0 aromatic carbocycles. The lowest BCUT2D eigenvalue weighted by atomic mass is 10.0. The number of fused-ring (bicyclic) bond motifs is 1. The summed E-state index contributed by atoms with van der Waals surface area (Å²) in [6.45, 7) is 4.75. The largest absolute Gasteiger partial charge is 0.373 e. The summed E-state index contributed by atoms with van der Waals surface area (Å²) in [7, 11) is 0. The first-order valence-corrected chi connectivity index (χ1v) is 8.96. The van der Waals surface area contributed by atoms with Crippen LogP contribution in [0.15, 0.2) is 35.7 Å². The van der Waals surface area contributed by atoms with Gasteiger partial charge in [-0.3, -0.25) is 4.98 Å². The molecule has 0 radical (unpaired) electrons. The van der Waals surface area contributed by atoms with E-state index in [0.29, 0.717) is 11.0 Å². The normalized spacial score (nSPS) is 21.2. The highest BCUT2D eigenvalue weighted by molar-refractivity contribution is 7.99. The Bertz CT molecular complexity index is 851. The van der Waals surface area contributed by atoms with Crippen LogP contribution in [0, 0.1) is 13.8 Å². The van der Waals surface area contributed by atoms with E-state index in [0.717, 1.165) is 41.6 Å². The van der Waals surface area contributed by atoms with E-state index in [1.165, 1.54) is 0 Å². The van der Waals surface area contributed by atoms with E-state index < -0.39 is 0 Å². The van der Waals surface area contributed by atoms with Gasteiger partial charge in [0, 0.05) is 35.6 Å². The quantitative estimate of drug-likeness (QED) is 0.729. The van der Waals surface area contributed by atoms with Crippen LogP contribution in [0.4, 0.5) is 0 Å². The molecule has 24 heavy (non-hydrogen) atoms. The summed E-state index contributed by atoms with van der Waals surface area (Å²) in [5.74, 6) is 0.672. The Balaban J connectivity index is 1.52. The Labute approximate surface area is 144 Å². The number of nitrogens with zero attached hydrogens (tertiary/aromatic N) is 5. The lowest BCUT2D eigenvalue weighted by Crippen LogP contribution is -2.21. The van der Waals surface area contributed by atoms with Crippen LogP contribution >= 0.6 is 11.8 Å². The monoisotopic (exact) mass is 341 g/mol. The molecule has 0 saturated carbocycles. The van der Waals surface area contributed by atoms with Crippen molar-refractivity contribution in [2.75, 3.05) is 6.61 Å². The highest BCUT2D eigenvalue weighted by atomic mass is 32.2. The van der Waals surface area contributed by atoms with E-state index in [1.54, 1.807) is 18.0 Å². The number of thioether (sulfide) groups is 1. The molecule has 0 amide bonds. The molecule has 2 atom stereocenters. The van der Waals surface area contributed by atoms with Crippen LogP contribution in [0.1, 0.15) is 35.9 Å². The predicted molar refractivity (Wildman–Crippen MR) is 92.1 cm³/mol. The molecule has 1 aliphatic rings. The average molecular weight is 341 g/mol. The molecule has 6 nitrogen and oxygen atoms in total. The Hall–Kier alpha value is -1.99. The molecule has 3 aromatic heterocycles. The zero-order valence-electron chi connectivity index (χ0n) is 13.7. The minimum atomic E-state index is 0.101. The van der Waals surface area contributed by atoms with Crippen LogP contribution in [0.5, 0.6) is 0 Å². The fraction of sp³-hybridized carbons (Fsp3) is 0.412. The molecule has 1 fully saturated rings. The topological polar surface area (TPSA) is 65.2 Å². The van der Waals surface area contributed by atoms with Crippen molar-refractivity contribution >= 4 is 17.5 Å². The Kier molecular flexibility index (Phi) is 4.20. The molecule has 0 aliphatic carbocycles. The van der Waals surface area contributed by atoms with E-state index >= 15 is 0 Å². The average Bonchev–Trinajstić information content (AvgIpc) is 2.98. The first kappa shape index (κ1) is 15.5. The molecule has 3 aromatic rings. The van der Waals surface area contributed by atoms with E-state index in [1.807, 2.05) is 36.7 Å². The van der Waals surface area contributed by atoms with Gasteiger partial charge in [-0.15, -0.1) is 5.10 Å². The third-order valence-corrected chi connectivity index (χ3v) is 5.31. The Morgan fingerprint density at radius 1 is 1.29 bits per heavy atom. The zero-order valence-corrected chi connectivity index (χ0v) is 14.5. The van der Waals surface area contributed by atoms with Gasteiger partial charge < -0.3 is 4.74 Å². The standard InChI is InChI=1S/C17H19N5OS/c1-11-8-12(2)22-16(19-11)20-17(21-22)24-14-5-7-23-15(9-14)13-4-3-6-18-10-13/h3-4,6,8,10,14-15H,5,7,9H2,1-2H3/t14-,15+/m0/s1. The van der Waals surface area contributed by atoms with Gasteiger partial charge in [0.25, 0.3) is 5.78 Å². The van der Waals surface area contributed by atoms with E-state index in [2.05, 4.69) is 26.1 Å². The molecule has 7 heteroatoms. The lowest BCUT2D eigenvalue weighted by molar-refractivity contribution is 0.0176. The molecule has 1 aliphatic heterocycles. The number of hydrogen-bond donors (Lipinski definition) is 0. The number of aryl methyl sites for hydroxylation is 2. The van der Waals surface area contributed by atoms with E-state index in [-0.39, 0.29) is 6.10 Å². The summed E-state index contributed by atoms with van der Waals surface area (Å²) in [5.41, 5.74) is 3.16. The van der Waals surface area contributed by atoms with Crippen molar-refractivity contribution in [2.45, 2.75) is 43.2 Å². The maximum atomic E-state index is 5.91. The predicted octanol–water partition coefficient (Wildman–Crippen LogP) is 3.15. The van der Waals surface area contributed by atoms with Crippen LogP contribution in [0.25, 0.3) is 5.78 Å². The molecule has 4 heterocycles. The number of ether oxygens (including phenoxy) is 1. The minimum Gasteiger partial charge on any atom is -0.373 e. The first-order chi connectivity index (χ1) is 11.7. The van der Waals surface area contributed by atoms with Crippen molar-refractivity contribution in [1.82, 2.24) is 24.6 Å². The SMILES string of the molecule is Cc1cc(C)n2nc(S[C@H]3CCO[C@@H](c4cccnc4)C3)nc2n1. The second kappa shape index (κ2) is 6.49. The van der Waals surface area contributed by atoms with Crippen molar-refractivity contribution in [3.63, 3.8) is 0 Å². The summed E-state index contributed by atoms with van der Waals surface area (Å²) in [6, 6.07) is 6.04. The highest BCUT2D eigenvalue weighted by Gasteiger charge is 2.26. The third-order valence-electron chi connectivity index (χ3n) is 4.16. The van der Waals surface area contributed by atoms with E-state index in [9.17, 15) is 0 Å². The molecular formula is C17H19N5OS. The molecular weight excluding hydrogens is 322 g/mol. The van der Waals surface area contributed by atoms with Gasteiger partial charge in [-0.05, 0) is 44.4 Å². The fourth-order valence-corrected chi connectivity index (χ4v) is 4.07. The van der Waals surface area contributed by atoms with Crippen LogP contribution in [0.3, 0.4) is 0 Å². The molecule has 0 unspecified atom stereocenters. The van der Waals surface area contributed by atoms with Crippen LogP contribution < -0.4 is 0 Å². The molecule has 4 rings (SSSR count). The first-order valence-electron chi connectivity index (χ1n) is 8.08. The van der Waals surface area contributed by atoms with Crippen molar-refractivity contribution in [1.29, 1.82) is 0 Å². The van der Waals surface area contributed by atoms with Crippen LogP contribution in [-0.2, 0) is 4.74 Å². The van der Waals surface area contributed by atoms with Crippen molar-refractivity contribution < 1.29 is 4.74 Å². The molecule has 1 saturated heterocycles. The summed E-state index contributed by atoms with van der Waals surface area (Å²) in [6.07, 6.45) is 5.72. The zero-order chi connectivity index (χ0) is 16.5. The Morgan fingerprint density at radius 2 is 2.21 bits per heavy atom. The second-order valence-electron chi connectivity index (χ2n) is 6.06. The smallest absolute Gasteiger partial charge is 0.253 e. The van der Waals surface area contributed by atoms with Gasteiger partial charge in [0.05, 0.1) is 6.10 Å². The summed E-state index contributed by atoms with van der Waals surface area (Å²) in [4.78, 5) is 13.2. The second-order valence-corrected chi connectivity index (χ2v) is 7.32. The number of pyridine rings is 1. The molecule has 0 spiro atoms. The molecule has 0 N–H and O–H groups in total. The van der Waals surface area contributed by atoms with Crippen LogP contribution in [0.2, 0.25) is 0 Å². The van der Waals surface area contributed by atoms with Gasteiger partial charge in [0.15, 0.2) is 0 Å². The number of rotatable bonds is 3. The Morgan fingerprint density at radius 3 is 3.04 bits per heavy atom. The van der Waals surface area contributed by atoms with Crippen LogP contribution in [-0.4, -0.2) is 36.4 Å². The van der Waals surface area contributed by atoms with Gasteiger partial charge >= 0.3 is 0 Å². The minimum absolute atomic E-state index is 0.101. The number of hydrogen-bond acceptors (Lipinski definition) is 6. The van der Waals surface area contributed by atoms with Gasteiger partial charge in [-0.25, -0.2) is 9.50 Å². The van der Waals surface area contributed by atoms with Gasteiger partial charge in [-0.1, -0.05) is 17.8 Å². The molecule has 0 bridgehead atoms. The maximum absolute atomic E-state index is 5.91. The van der Waals surface area contributed by atoms with Crippen molar-refractivity contribution in [2.24, 2.45) is 0 Å². The lowest BCUT2D eigenvalue weighted by Gasteiger charge is -2.28. The van der Waals surface area contributed by atoms with E-state index in [4.69, 9.17) is 4.74 Å². The third kappa shape index (κ3) is 3.14. The molecule has 124 valence electrons. The van der Waals surface area contributed by atoms with Gasteiger partial charge in [0.1, 0.15) is 0 Å². The summed E-state index contributed by atoms with van der Waals surface area (Å²) < 4.78 is 7.73. The van der Waals surface area contributed by atoms with Gasteiger partial charge in [-0.2, -0.15) is 4.98 Å². The maximum Gasteiger partial charge on any atom is 0.253 e.